The second-order valence-electron chi connectivity index (χ2n) is 5.62. The van der Waals surface area contributed by atoms with Crippen LogP contribution >= 0.6 is 34.5 Å². The number of halogens is 2. The Labute approximate surface area is 132 Å². The molecule has 2 aromatic rings. The summed E-state index contributed by atoms with van der Waals surface area (Å²) in [6, 6.07) is 1.58. The number of thiazole rings is 1. The van der Waals surface area contributed by atoms with Gasteiger partial charge in [-0.2, -0.15) is 0 Å². The van der Waals surface area contributed by atoms with Gasteiger partial charge < -0.3 is 5.11 Å². The van der Waals surface area contributed by atoms with E-state index >= 15 is 0 Å². The topological polar surface area (TPSA) is 46.0 Å². The molecule has 2 rings (SSSR count). The fraction of sp³-hybridized carbons (Fsp3) is 0.429. The zero-order valence-corrected chi connectivity index (χ0v) is 13.9. The van der Waals surface area contributed by atoms with E-state index in [2.05, 4.69) is 30.7 Å². The summed E-state index contributed by atoms with van der Waals surface area (Å²) < 4.78 is 0. The molecule has 6 heteroatoms. The third-order valence-corrected chi connectivity index (χ3v) is 4.22. The number of aliphatic hydroxyl groups is 1. The van der Waals surface area contributed by atoms with Crippen LogP contribution in [0.5, 0.6) is 0 Å². The molecule has 0 aromatic carbocycles. The third kappa shape index (κ3) is 3.70. The fourth-order valence-electron chi connectivity index (χ4n) is 1.68. The Hall–Kier alpha value is -0.680. The summed E-state index contributed by atoms with van der Waals surface area (Å²) in [6.45, 7) is 6.33. The summed E-state index contributed by atoms with van der Waals surface area (Å²) in [5.74, 6) is 0. The van der Waals surface area contributed by atoms with Gasteiger partial charge in [0.2, 0.25) is 0 Å². The summed E-state index contributed by atoms with van der Waals surface area (Å²) in [6.07, 6.45) is 1.10. The lowest BCUT2D eigenvalue weighted by Gasteiger charge is -2.14. The highest BCUT2D eigenvalue weighted by Crippen LogP contribution is 2.29. The van der Waals surface area contributed by atoms with Crippen molar-refractivity contribution in [3.8, 4) is 0 Å². The predicted molar refractivity (Wildman–Crippen MR) is 83.7 cm³/mol. The molecule has 2 aromatic heterocycles. The van der Waals surface area contributed by atoms with Gasteiger partial charge in [0.15, 0.2) is 0 Å². The van der Waals surface area contributed by atoms with E-state index in [1.165, 1.54) is 6.20 Å². The average molecular weight is 331 g/mol. The molecule has 108 valence electrons. The van der Waals surface area contributed by atoms with E-state index in [0.29, 0.717) is 22.2 Å². The summed E-state index contributed by atoms with van der Waals surface area (Å²) in [5, 5.41) is 14.0. The number of aliphatic hydroxyl groups excluding tert-OH is 1. The van der Waals surface area contributed by atoms with Crippen molar-refractivity contribution >= 4 is 34.5 Å². The molecule has 0 aliphatic rings. The summed E-state index contributed by atoms with van der Waals surface area (Å²) in [7, 11) is 0. The zero-order chi connectivity index (χ0) is 14.9. The maximum Gasteiger partial charge on any atom is 0.104 e. The molecule has 20 heavy (non-hydrogen) atoms. The molecule has 2 heterocycles. The van der Waals surface area contributed by atoms with Crippen molar-refractivity contribution in [3.63, 3.8) is 0 Å². The molecule has 0 fully saturated rings. The smallest absolute Gasteiger partial charge is 0.104 e. The summed E-state index contributed by atoms with van der Waals surface area (Å²) in [4.78, 5) is 8.65. The van der Waals surface area contributed by atoms with Gasteiger partial charge in [-0.3, -0.25) is 4.98 Å². The van der Waals surface area contributed by atoms with Crippen molar-refractivity contribution in [2.75, 3.05) is 0 Å². The van der Waals surface area contributed by atoms with Gasteiger partial charge in [0.1, 0.15) is 6.10 Å². The van der Waals surface area contributed by atoms with Crippen molar-refractivity contribution < 1.29 is 5.11 Å². The van der Waals surface area contributed by atoms with E-state index in [-0.39, 0.29) is 5.41 Å². The molecule has 0 spiro atoms. The molecule has 0 aliphatic carbocycles. The number of aromatic nitrogens is 2. The maximum atomic E-state index is 10.2. The Balaban J connectivity index is 2.15. The molecule has 0 amide bonds. The molecule has 3 nitrogen and oxygen atoms in total. The monoisotopic (exact) mass is 330 g/mol. The minimum atomic E-state index is -0.779. The quantitative estimate of drug-likeness (QED) is 0.906. The van der Waals surface area contributed by atoms with Crippen molar-refractivity contribution in [1.29, 1.82) is 0 Å². The fourth-order valence-corrected chi connectivity index (χ4v) is 3.25. The predicted octanol–water partition coefficient (Wildman–Crippen LogP) is 4.42. The van der Waals surface area contributed by atoms with Crippen LogP contribution in [0.15, 0.2) is 17.6 Å². The largest absolute Gasteiger partial charge is 0.386 e. The Morgan fingerprint density at radius 2 is 2.05 bits per heavy atom. The molecule has 0 bridgehead atoms. The molecule has 0 radical (unpaired) electrons. The van der Waals surface area contributed by atoms with Gasteiger partial charge >= 0.3 is 0 Å². The van der Waals surface area contributed by atoms with Crippen LogP contribution < -0.4 is 0 Å². The molecular formula is C14H16Cl2N2OS. The SMILES string of the molecule is CC(C)(C)c1csc(CC(O)c2ncc(Cl)cc2Cl)n1. The van der Waals surface area contributed by atoms with Crippen LogP contribution in [-0.4, -0.2) is 15.1 Å². The molecule has 0 saturated heterocycles. The average Bonchev–Trinajstić information content (AvgIpc) is 2.76. The standard InChI is InChI=1S/C14H16Cl2N2OS/c1-14(2,3)11-7-20-12(18-11)5-10(19)13-9(16)4-8(15)6-17-13/h4,6-7,10,19H,5H2,1-3H3. The minimum Gasteiger partial charge on any atom is -0.386 e. The van der Waals surface area contributed by atoms with Gasteiger partial charge in [0.05, 0.1) is 26.4 Å². The van der Waals surface area contributed by atoms with Crippen LogP contribution in [-0.2, 0) is 11.8 Å². The van der Waals surface area contributed by atoms with Crippen LogP contribution in [0.1, 0.15) is 43.3 Å². The van der Waals surface area contributed by atoms with E-state index in [1.54, 1.807) is 17.4 Å². The van der Waals surface area contributed by atoms with E-state index in [9.17, 15) is 5.11 Å². The second-order valence-corrected chi connectivity index (χ2v) is 7.40. The van der Waals surface area contributed by atoms with Crippen LogP contribution in [0.2, 0.25) is 10.0 Å². The zero-order valence-electron chi connectivity index (χ0n) is 11.5. The number of hydrogen-bond acceptors (Lipinski definition) is 4. The lowest BCUT2D eigenvalue weighted by atomic mass is 9.93. The van der Waals surface area contributed by atoms with Crippen molar-refractivity contribution in [3.05, 3.63) is 44.1 Å². The molecule has 1 N–H and O–H groups in total. The van der Waals surface area contributed by atoms with Crippen LogP contribution in [0.4, 0.5) is 0 Å². The third-order valence-electron chi connectivity index (χ3n) is 2.84. The lowest BCUT2D eigenvalue weighted by Crippen LogP contribution is -2.12. The van der Waals surface area contributed by atoms with Gasteiger partial charge in [-0.05, 0) is 6.07 Å². The van der Waals surface area contributed by atoms with Gasteiger partial charge in [0.25, 0.3) is 0 Å². The van der Waals surface area contributed by atoms with Gasteiger partial charge in [0, 0.05) is 23.4 Å². The van der Waals surface area contributed by atoms with E-state index in [1.807, 2.05) is 5.38 Å². The normalized spacial score (nSPS) is 13.5. The van der Waals surface area contributed by atoms with Crippen molar-refractivity contribution in [1.82, 2.24) is 9.97 Å². The summed E-state index contributed by atoms with van der Waals surface area (Å²) >= 11 is 13.4. The Morgan fingerprint density at radius 3 is 2.60 bits per heavy atom. The van der Waals surface area contributed by atoms with Gasteiger partial charge in [-0.15, -0.1) is 11.3 Å². The molecule has 1 unspecified atom stereocenters. The highest BCUT2D eigenvalue weighted by molar-refractivity contribution is 7.09. The molecular weight excluding hydrogens is 315 g/mol. The Kier molecular flexibility index (Phi) is 4.69. The van der Waals surface area contributed by atoms with E-state index < -0.39 is 6.10 Å². The minimum absolute atomic E-state index is 0.00979. The number of rotatable bonds is 3. The number of nitrogens with zero attached hydrogens (tertiary/aromatic N) is 2. The first-order chi connectivity index (χ1) is 9.27. The van der Waals surface area contributed by atoms with Gasteiger partial charge in [-0.25, -0.2) is 4.98 Å². The Bertz CT molecular complexity index is 607. The van der Waals surface area contributed by atoms with Crippen molar-refractivity contribution in [2.24, 2.45) is 0 Å². The lowest BCUT2D eigenvalue weighted by molar-refractivity contribution is 0.173. The van der Waals surface area contributed by atoms with E-state index in [0.717, 1.165) is 10.7 Å². The van der Waals surface area contributed by atoms with E-state index in [4.69, 9.17) is 23.2 Å². The van der Waals surface area contributed by atoms with Crippen molar-refractivity contribution in [2.45, 2.75) is 38.7 Å². The molecule has 1 atom stereocenters. The first kappa shape index (κ1) is 15.7. The maximum absolute atomic E-state index is 10.2. The second kappa shape index (κ2) is 5.98. The first-order valence-corrected chi connectivity index (χ1v) is 7.85. The highest BCUT2D eigenvalue weighted by Gasteiger charge is 2.20. The molecule has 0 saturated carbocycles. The van der Waals surface area contributed by atoms with Crippen LogP contribution in [0.25, 0.3) is 0 Å². The number of pyridine rings is 1. The van der Waals surface area contributed by atoms with Gasteiger partial charge in [-0.1, -0.05) is 44.0 Å². The highest BCUT2D eigenvalue weighted by atomic mass is 35.5. The summed E-state index contributed by atoms with van der Waals surface area (Å²) in [5.41, 5.74) is 1.47. The van der Waals surface area contributed by atoms with Crippen LogP contribution in [0, 0.1) is 0 Å². The van der Waals surface area contributed by atoms with Crippen LogP contribution in [0.3, 0.4) is 0 Å². The molecule has 0 aliphatic heterocycles. The number of hydrogen-bond donors (Lipinski definition) is 1. The Morgan fingerprint density at radius 1 is 1.35 bits per heavy atom. The first-order valence-electron chi connectivity index (χ1n) is 6.21.